The molecule has 0 saturated carbocycles. The van der Waals surface area contributed by atoms with Crippen molar-refractivity contribution >= 4 is 5.91 Å². The molecule has 1 saturated heterocycles. The summed E-state index contributed by atoms with van der Waals surface area (Å²) < 4.78 is 0. The van der Waals surface area contributed by atoms with E-state index in [1.165, 1.54) is 6.33 Å². The number of amides is 1. The summed E-state index contributed by atoms with van der Waals surface area (Å²) in [6.07, 6.45) is 1.35. The molecule has 6 heteroatoms. The van der Waals surface area contributed by atoms with Crippen LogP contribution in [0.5, 0.6) is 0 Å². The van der Waals surface area contributed by atoms with E-state index >= 15 is 0 Å². The fourth-order valence-corrected chi connectivity index (χ4v) is 1.59. The Bertz CT molecular complexity index is 310. The monoisotopic (exact) mass is 195 g/mol. The van der Waals surface area contributed by atoms with Gasteiger partial charge in [0, 0.05) is 25.7 Å². The lowest BCUT2D eigenvalue weighted by atomic mass is 10.2. The first-order chi connectivity index (χ1) is 6.79. The summed E-state index contributed by atoms with van der Waals surface area (Å²) >= 11 is 0. The standard InChI is InChI=1S/C8H13N5O/c1-6-4-9-2-3-13(6)8(14)7-10-5-11-12-7/h5-6,9H,2-4H2,1H3,(H,10,11,12)/t6-/m0/s1. The lowest BCUT2D eigenvalue weighted by Crippen LogP contribution is -2.52. The Hall–Kier alpha value is -1.43. The molecular weight excluding hydrogens is 182 g/mol. The number of piperazine rings is 1. The van der Waals surface area contributed by atoms with Crippen LogP contribution in [0.2, 0.25) is 0 Å². The Balaban J connectivity index is 2.10. The van der Waals surface area contributed by atoms with Crippen LogP contribution in [0.1, 0.15) is 17.5 Å². The van der Waals surface area contributed by atoms with E-state index in [1.54, 1.807) is 4.90 Å². The summed E-state index contributed by atoms with van der Waals surface area (Å²) in [4.78, 5) is 17.5. The van der Waals surface area contributed by atoms with Crippen molar-refractivity contribution in [2.75, 3.05) is 19.6 Å². The van der Waals surface area contributed by atoms with Gasteiger partial charge in [-0.25, -0.2) is 4.98 Å². The number of nitrogens with one attached hydrogen (secondary N) is 2. The van der Waals surface area contributed by atoms with Gasteiger partial charge in [0.2, 0.25) is 5.82 Å². The molecule has 1 fully saturated rings. The number of carbonyl (C=O) groups excluding carboxylic acids is 1. The lowest BCUT2D eigenvalue weighted by molar-refractivity contribution is 0.0643. The van der Waals surface area contributed by atoms with Crippen molar-refractivity contribution in [1.82, 2.24) is 25.4 Å². The smallest absolute Gasteiger partial charge is 0.291 e. The minimum Gasteiger partial charge on any atom is -0.331 e. The molecule has 0 spiro atoms. The van der Waals surface area contributed by atoms with Gasteiger partial charge in [0.1, 0.15) is 6.33 Å². The lowest BCUT2D eigenvalue weighted by Gasteiger charge is -2.33. The number of hydrogen-bond acceptors (Lipinski definition) is 4. The van der Waals surface area contributed by atoms with E-state index in [9.17, 15) is 4.79 Å². The van der Waals surface area contributed by atoms with Crippen molar-refractivity contribution < 1.29 is 4.79 Å². The fourth-order valence-electron chi connectivity index (χ4n) is 1.59. The highest BCUT2D eigenvalue weighted by Gasteiger charge is 2.25. The molecule has 76 valence electrons. The van der Waals surface area contributed by atoms with E-state index in [-0.39, 0.29) is 11.9 Å². The Morgan fingerprint density at radius 3 is 3.21 bits per heavy atom. The molecule has 2 rings (SSSR count). The summed E-state index contributed by atoms with van der Waals surface area (Å²) in [7, 11) is 0. The van der Waals surface area contributed by atoms with Gasteiger partial charge in [-0.05, 0) is 6.92 Å². The predicted molar refractivity (Wildman–Crippen MR) is 49.8 cm³/mol. The third-order valence-corrected chi connectivity index (χ3v) is 2.38. The second kappa shape index (κ2) is 3.75. The number of hydrogen-bond donors (Lipinski definition) is 2. The van der Waals surface area contributed by atoms with Crippen LogP contribution in [0, 0.1) is 0 Å². The fraction of sp³-hybridized carbons (Fsp3) is 0.625. The molecular formula is C8H13N5O. The average molecular weight is 195 g/mol. The molecule has 1 aliphatic rings. The maximum Gasteiger partial charge on any atom is 0.291 e. The molecule has 1 aromatic heterocycles. The summed E-state index contributed by atoms with van der Waals surface area (Å²) in [5.74, 6) is 0.246. The van der Waals surface area contributed by atoms with Crippen molar-refractivity contribution in [1.29, 1.82) is 0 Å². The van der Waals surface area contributed by atoms with E-state index in [0.29, 0.717) is 5.82 Å². The van der Waals surface area contributed by atoms with Crippen LogP contribution in [0.4, 0.5) is 0 Å². The number of aromatic amines is 1. The van der Waals surface area contributed by atoms with Gasteiger partial charge in [-0.3, -0.25) is 9.89 Å². The van der Waals surface area contributed by atoms with E-state index in [1.807, 2.05) is 6.92 Å². The van der Waals surface area contributed by atoms with Gasteiger partial charge in [0.15, 0.2) is 0 Å². The molecule has 1 atom stereocenters. The van der Waals surface area contributed by atoms with Gasteiger partial charge in [0.25, 0.3) is 5.91 Å². The second-order valence-corrected chi connectivity index (χ2v) is 3.39. The molecule has 1 amide bonds. The number of rotatable bonds is 1. The Morgan fingerprint density at radius 1 is 1.71 bits per heavy atom. The van der Waals surface area contributed by atoms with Crippen molar-refractivity contribution in [3.8, 4) is 0 Å². The van der Waals surface area contributed by atoms with Gasteiger partial charge >= 0.3 is 0 Å². The Labute approximate surface area is 81.7 Å². The topological polar surface area (TPSA) is 73.9 Å². The highest BCUT2D eigenvalue weighted by molar-refractivity contribution is 5.90. The van der Waals surface area contributed by atoms with Crippen LogP contribution in [0.25, 0.3) is 0 Å². The first-order valence-electron chi connectivity index (χ1n) is 4.66. The molecule has 1 aliphatic heterocycles. The normalized spacial score (nSPS) is 22.4. The minimum absolute atomic E-state index is 0.0727. The highest BCUT2D eigenvalue weighted by Crippen LogP contribution is 2.06. The molecule has 6 nitrogen and oxygen atoms in total. The quantitative estimate of drug-likeness (QED) is 0.617. The SMILES string of the molecule is C[C@H]1CNCCN1C(=O)c1ncn[nH]1. The highest BCUT2D eigenvalue weighted by atomic mass is 16.2. The summed E-state index contributed by atoms with van der Waals surface area (Å²) in [6, 6.07) is 0.210. The van der Waals surface area contributed by atoms with Gasteiger partial charge in [-0.2, -0.15) is 5.10 Å². The third kappa shape index (κ3) is 1.60. The molecule has 2 heterocycles. The molecule has 0 radical (unpaired) electrons. The van der Waals surface area contributed by atoms with Crippen LogP contribution in [0.3, 0.4) is 0 Å². The van der Waals surface area contributed by atoms with Crippen molar-refractivity contribution in [2.24, 2.45) is 0 Å². The number of nitrogens with zero attached hydrogens (tertiary/aromatic N) is 3. The van der Waals surface area contributed by atoms with E-state index in [2.05, 4.69) is 20.5 Å². The van der Waals surface area contributed by atoms with Crippen LogP contribution >= 0.6 is 0 Å². The van der Waals surface area contributed by atoms with Gasteiger partial charge in [-0.15, -0.1) is 0 Å². The van der Waals surface area contributed by atoms with E-state index < -0.39 is 0 Å². The summed E-state index contributed by atoms with van der Waals surface area (Å²) in [6.45, 7) is 4.41. The van der Waals surface area contributed by atoms with Crippen molar-refractivity contribution in [3.63, 3.8) is 0 Å². The van der Waals surface area contributed by atoms with Gasteiger partial charge in [-0.1, -0.05) is 0 Å². The Morgan fingerprint density at radius 2 is 2.57 bits per heavy atom. The molecule has 2 N–H and O–H groups in total. The van der Waals surface area contributed by atoms with Gasteiger partial charge in [0.05, 0.1) is 0 Å². The maximum absolute atomic E-state index is 11.8. The van der Waals surface area contributed by atoms with E-state index in [4.69, 9.17) is 0 Å². The summed E-state index contributed by atoms with van der Waals surface area (Å²) in [5.41, 5.74) is 0. The molecule has 14 heavy (non-hydrogen) atoms. The first kappa shape index (κ1) is 9.14. The van der Waals surface area contributed by atoms with Crippen LogP contribution in [-0.4, -0.2) is 51.7 Å². The van der Waals surface area contributed by atoms with Crippen LogP contribution < -0.4 is 5.32 Å². The molecule has 1 aromatic rings. The minimum atomic E-state index is -0.0727. The van der Waals surface area contributed by atoms with Crippen molar-refractivity contribution in [2.45, 2.75) is 13.0 Å². The zero-order valence-electron chi connectivity index (χ0n) is 8.03. The zero-order valence-corrected chi connectivity index (χ0v) is 8.03. The second-order valence-electron chi connectivity index (χ2n) is 3.39. The van der Waals surface area contributed by atoms with Crippen LogP contribution in [-0.2, 0) is 0 Å². The Kier molecular flexibility index (Phi) is 2.45. The molecule has 0 aromatic carbocycles. The molecule has 0 aliphatic carbocycles. The zero-order chi connectivity index (χ0) is 9.97. The number of carbonyl (C=O) groups is 1. The number of H-pyrrole nitrogens is 1. The van der Waals surface area contributed by atoms with Gasteiger partial charge < -0.3 is 10.2 Å². The van der Waals surface area contributed by atoms with E-state index in [0.717, 1.165) is 19.6 Å². The number of aromatic nitrogens is 3. The van der Waals surface area contributed by atoms with Crippen molar-refractivity contribution in [3.05, 3.63) is 12.2 Å². The first-order valence-corrected chi connectivity index (χ1v) is 4.66. The average Bonchev–Trinajstić information content (AvgIpc) is 2.70. The molecule has 0 bridgehead atoms. The largest absolute Gasteiger partial charge is 0.331 e. The summed E-state index contributed by atoms with van der Waals surface area (Å²) in [5, 5.41) is 9.47. The molecule has 0 unspecified atom stereocenters. The predicted octanol–water partition coefficient (Wildman–Crippen LogP) is -0.761. The van der Waals surface area contributed by atoms with Crippen LogP contribution in [0.15, 0.2) is 6.33 Å². The maximum atomic E-state index is 11.8. The third-order valence-electron chi connectivity index (χ3n) is 2.38.